The predicted octanol–water partition coefficient (Wildman–Crippen LogP) is 4.88. The summed E-state index contributed by atoms with van der Waals surface area (Å²) in [6.45, 7) is 1.48. The maximum absolute atomic E-state index is 13.6. The fraction of sp³-hybridized carbons (Fsp3) is 0.364. The molecule has 1 amide bonds. The number of furan rings is 1. The molecule has 5 rings (SSSR count). The zero-order valence-corrected chi connectivity index (χ0v) is 16.2. The van der Waals surface area contributed by atoms with Gasteiger partial charge in [-0.15, -0.1) is 0 Å². The predicted molar refractivity (Wildman–Crippen MR) is 103 cm³/mol. The summed E-state index contributed by atoms with van der Waals surface area (Å²) in [6, 6.07) is 8.30. The lowest BCUT2D eigenvalue weighted by Crippen LogP contribution is -2.35. The summed E-state index contributed by atoms with van der Waals surface area (Å²) >= 11 is 0. The fourth-order valence-corrected chi connectivity index (χ4v) is 4.39. The number of carbonyl (C=O) groups is 1. The summed E-state index contributed by atoms with van der Waals surface area (Å²) in [7, 11) is 0. The van der Waals surface area contributed by atoms with Crippen molar-refractivity contribution in [2.24, 2.45) is 0 Å². The molecule has 0 bridgehead atoms. The third kappa shape index (κ3) is 3.11. The van der Waals surface area contributed by atoms with Crippen LogP contribution in [0.5, 0.6) is 0 Å². The van der Waals surface area contributed by atoms with Gasteiger partial charge in [-0.25, -0.2) is 4.68 Å². The lowest BCUT2D eigenvalue weighted by molar-refractivity contribution is -0.142. The number of hydrogen-bond acceptors (Lipinski definition) is 3. The van der Waals surface area contributed by atoms with Crippen molar-refractivity contribution in [2.75, 3.05) is 13.1 Å². The molecule has 1 aliphatic heterocycles. The maximum Gasteiger partial charge on any atom is 0.435 e. The van der Waals surface area contributed by atoms with Crippen molar-refractivity contribution < 1.29 is 22.4 Å². The van der Waals surface area contributed by atoms with Crippen LogP contribution in [0.1, 0.15) is 46.6 Å². The smallest absolute Gasteiger partial charge is 0.435 e. The largest absolute Gasteiger partial charge is 0.469 e. The first kappa shape index (κ1) is 19.0. The van der Waals surface area contributed by atoms with Gasteiger partial charge < -0.3 is 9.32 Å². The van der Waals surface area contributed by atoms with Gasteiger partial charge in [0, 0.05) is 36.2 Å². The van der Waals surface area contributed by atoms with E-state index >= 15 is 0 Å². The number of amides is 1. The molecule has 2 aliphatic rings. The molecule has 3 heterocycles. The molecule has 0 radical (unpaired) electrons. The molecule has 1 saturated heterocycles. The fourth-order valence-electron chi connectivity index (χ4n) is 4.39. The van der Waals surface area contributed by atoms with E-state index in [2.05, 4.69) is 5.10 Å². The van der Waals surface area contributed by atoms with Crippen LogP contribution in [-0.2, 0) is 19.0 Å². The Labute approximate surface area is 171 Å². The number of likely N-dealkylation sites (tertiary alicyclic amines) is 1. The Morgan fingerprint density at radius 1 is 1.00 bits per heavy atom. The molecule has 30 heavy (non-hydrogen) atoms. The monoisotopic (exact) mass is 415 g/mol. The normalized spacial score (nSPS) is 16.3. The first-order valence-electron chi connectivity index (χ1n) is 10.1. The lowest BCUT2D eigenvalue weighted by Gasteiger charge is -2.26. The van der Waals surface area contributed by atoms with Crippen LogP contribution in [0.4, 0.5) is 13.2 Å². The van der Waals surface area contributed by atoms with E-state index in [1.165, 1.54) is 10.9 Å². The minimum absolute atomic E-state index is 0.0446. The molecule has 156 valence electrons. The molecule has 0 atom stereocenters. The Kier molecular flexibility index (Phi) is 4.45. The van der Waals surface area contributed by atoms with Crippen LogP contribution < -0.4 is 0 Å². The summed E-state index contributed by atoms with van der Waals surface area (Å²) in [6.07, 6.45) is 0.701. The first-order chi connectivity index (χ1) is 14.4. The summed E-state index contributed by atoms with van der Waals surface area (Å²) in [5.41, 5.74) is 1.37. The second-order valence-corrected chi connectivity index (χ2v) is 7.74. The van der Waals surface area contributed by atoms with E-state index in [0.29, 0.717) is 34.7 Å². The van der Waals surface area contributed by atoms with Gasteiger partial charge in [0.25, 0.3) is 5.91 Å². The van der Waals surface area contributed by atoms with Crippen molar-refractivity contribution in [3.05, 3.63) is 59.2 Å². The minimum atomic E-state index is -4.54. The molecule has 0 spiro atoms. The average molecular weight is 415 g/mol. The van der Waals surface area contributed by atoms with Gasteiger partial charge in [-0.3, -0.25) is 4.79 Å². The zero-order valence-electron chi connectivity index (χ0n) is 16.2. The van der Waals surface area contributed by atoms with Gasteiger partial charge in [-0.2, -0.15) is 18.3 Å². The van der Waals surface area contributed by atoms with E-state index in [1.54, 1.807) is 30.3 Å². The number of aryl methyl sites for hydroxylation is 1. The highest BCUT2D eigenvalue weighted by Gasteiger charge is 2.41. The molecule has 2 aromatic heterocycles. The van der Waals surface area contributed by atoms with E-state index in [4.69, 9.17) is 4.42 Å². The number of hydrogen-bond donors (Lipinski definition) is 0. The van der Waals surface area contributed by atoms with Gasteiger partial charge in [-0.05, 0) is 56.0 Å². The van der Waals surface area contributed by atoms with Crippen LogP contribution in [0.2, 0.25) is 0 Å². The highest BCUT2D eigenvalue weighted by molar-refractivity contribution is 5.94. The molecule has 1 aromatic carbocycles. The van der Waals surface area contributed by atoms with E-state index in [1.807, 2.05) is 4.90 Å². The Morgan fingerprint density at radius 3 is 2.43 bits per heavy atom. The molecule has 8 heteroatoms. The number of fused-ring (bicyclic) bond motifs is 3. The van der Waals surface area contributed by atoms with E-state index in [0.717, 1.165) is 32.4 Å². The highest BCUT2D eigenvalue weighted by Crippen LogP contribution is 2.42. The number of carbonyl (C=O) groups excluding carboxylic acids is 1. The SMILES string of the molecule is O=C(c1ccc(-n2nc(C(F)(F)F)c3c2-c2ccoc2CC3)cc1)N1CCCCC1. The Morgan fingerprint density at radius 2 is 1.73 bits per heavy atom. The summed E-state index contributed by atoms with van der Waals surface area (Å²) < 4.78 is 47.7. The third-order valence-corrected chi connectivity index (χ3v) is 5.86. The standard InChI is InChI=1S/C22H20F3N3O2/c23-22(24,25)20-17-8-9-18-16(10-13-30-18)19(17)28(26-20)15-6-4-14(5-7-15)21(29)27-11-2-1-3-12-27/h4-7,10,13H,1-3,8-9,11-12H2. The van der Waals surface area contributed by atoms with Gasteiger partial charge in [0.1, 0.15) is 5.76 Å². The van der Waals surface area contributed by atoms with Crippen LogP contribution in [0.25, 0.3) is 16.9 Å². The topological polar surface area (TPSA) is 51.3 Å². The van der Waals surface area contributed by atoms with Crippen LogP contribution in [0.15, 0.2) is 41.0 Å². The number of halogens is 3. The molecule has 0 saturated carbocycles. The summed E-state index contributed by atoms with van der Waals surface area (Å²) in [5.74, 6) is 0.617. The van der Waals surface area contributed by atoms with E-state index in [-0.39, 0.29) is 17.9 Å². The van der Waals surface area contributed by atoms with Gasteiger partial charge in [0.15, 0.2) is 5.69 Å². The lowest BCUT2D eigenvalue weighted by atomic mass is 9.94. The highest BCUT2D eigenvalue weighted by atomic mass is 19.4. The molecule has 0 N–H and O–H groups in total. The Hall–Kier alpha value is -3.03. The molecular weight excluding hydrogens is 395 g/mol. The van der Waals surface area contributed by atoms with Crippen molar-refractivity contribution in [3.8, 4) is 16.9 Å². The molecule has 1 aliphatic carbocycles. The van der Waals surface area contributed by atoms with E-state index in [9.17, 15) is 18.0 Å². The van der Waals surface area contributed by atoms with Crippen molar-refractivity contribution in [3.63, 3.8) is 0 Å². The average Bonchev–Trinajstić information content (AvgIpc) is 3.38. The molecule has 0 unspecified atom stereocenters. The molecular formula is C22H20F3N3O2. The van der Waals surface area contributed by atoms with Crippen molar-refractivity contribution >= 4 is 5.91 Å². The zero-order chi connectivity index (χ0) is 20.9. The van der Waals surface area contributed by atoms with Gasteiger partial charge in [0.05, 0.1) is 17.6 Å². The van der Waals surface area contributed by atoms with Crippen LogP contribution >= 0.6 is 0 Å². The molecule has 1 fully saturated rings. The van der Waals surface area contributed by atoms with Crippen molar-refractivity contribution in [1.82, 2.24) is 14.7 Å². The van der Waals surface area contributed by atoms with Crippen LogP contribution in [0.3, 0.4) is 0 Å². The van der Waals surface area contributed by atoms with Crippen molar-refractivity contribution in [2.45, 2.75) is 38.3 Å². The minimum Gasteiger partial charge on any atom is -0.469 e. The number of alkyl halides is 3. The van der Waals surface area contributed by atoms with Gasteiger partial charge in [0.2, 0.25) is 0 Å². The number of piperidine rings is 1. The van der Waals surface area contributed by atoms with E-state index < -0.39 is 11.9 Å². The van der Waals surface area contributed by atoms with Crippen LogP contribution in [-0.4, -0.2) is 33.7 Å². The number of nitrogens with zero attached hydrogens (tertiary/aromatic N) is 3. The van der Waals surface area contributed by atoms with Crippen molar-refractivity contribution in [1.29, 1.82) is 0 Å². The first-order valence-corrected chi connectivity index (χ1v) is 10.1. The Bertz CT molecular complexity index is 1090. The quantitative estimate of drug-likeness (QED) is 0.600. The van der Waals surface area contributed by atoms with Crippen LogP contribution in [0, 0.1) is 0 Å². The van der Waals surface area contributed by atoms with Gasteiger partial charge >= 0.3 is 6.18 Å². The summed E-state index contributed by atoms with van der Waals surface area (Å²) in [5, 5.41) is 3.93. The van der Waals surface area contributed by atoms with Gasteiger partial charge in [-0.1, -0.05) is 0 Å². The Balaban J connectivity index is 1.55. The molecule has 5 nitrogen and oxygen atoms in total. The number of rotatable bonds is 2. The second kappa shape index (κ2) is 7.04. The maximum atomic E-state index is 13.6. The number of aromatic nitrogens is 2. The number of benzene rings is 1. The molecule has 3 aromatic rings. The third-order valence-electron chi connectivity index (χ3n) is 5.86. The second-order valence-electron chi connectivity index (χ2n) is 7.74. The summed E-state index contributed by atoms with van der Waals surface area (Å²) in [4.78, 5) is 14.5.